The molecule has 10 aromatic heterocycles. The van der Waals surface area contributed by atoms with Gasteiger partial charge in [0.15, 0.2) is 11.6 Å². The van der Waals surface area contributed by atoms with Gasteiger partial charge >= 0.3 is 0 Å². The van der Waals surface area contributed by atoms with Gasteiger partial charge in [0.1, 0.15) is 0 Å². The van der Waals surface area contributed by atoms with E-state index in [9.17, 15) is 0 Å². The fraction of sp³-hybridized carbons (Fsp3) is 0. The third-order valence-corrected chi connectivity index (χ3v) is 18.4. The highest BCUT2D eigenvalue weighted by Crippen LogP contribution is 2.54. The molecular formula is C82H50N12. The lowest BCUT2D eigenvalue weighted by Gasteiger charge is -2.30. The Kier molecular flexibility index (Phi) is 12.0. The van der Waals surface area contributed by atoms with Gasteiger partial charge < -0.3 is 18.3 Å². The van der Waals surface area contributed by atoms with Gasteiger partial charge in [-0.2, -0.15) is 0 Å². The molecule has 9 aromatic carbocycles. The summed E-state index contributed by atoms with van der Waals surface area (Å²) in [6, 6.07) is 89.0. The fourth-order valence-corrected chi connectivity index (χ4v) is 14.4. The smallest absolute Gasteiger partial charge is 0.163 e. The van der Waals surface area contributed by atoms with Crippen molar-refractivity contribution in [2.24, 2.45) is 0 Å². The van der Waals surface area contributed by atoms with Crippen LogP contribution in [0.4, 0.5) is 0 Å². The van der Waals surface area contributed by atoms with Crippen LogP contribution in [0.25, 0.3) is 178 Å². The second-order valence-corrected chi connectivity index (χ2v) is 23.5. The topological polar surface area (TPSA) is 123 Å². The van der Waals surface area contributed by atoms with Crippen molar-refractivity contribution in [1.29, 1.82) is 0 Å². The van der Waals surface area contributed by atoms with Gasteiger partial charge in [0.2, 0.25) is 0 Å². The predicted molar refractivity (Wildman–Crippen MR) is 379 cm³/mol. The Hall–Kier alpha value is -13.1. The summed E-state index contributed by atoms with van der Waals surface area (Å²) >= 11 is 0. The number of nitrogens with zero attached hydrogens (tertiary/aromatic N) is 12. The number of hydrogen-bond donors (Lipinski definition) is 0. The maximum atomic E-state index is 6.02. The monoisotopic (exact) mass is 1200 g/mol. The third kappa shape index (κ3) is 8.12. The van der Waals surface area contributed by atoms with Crippen molar-refractivity contribution in [2.75, 3.05) is 0 Å². The Morgan fingerprint density at radius 1 is 0.202 bits per heavy atom. The summed E-state index contributed by atoms with van der Waals surface area (Å²) < 4.78 is 9.70. The van der Waals surface area contributed by atoms with Crippen molar-refractivity contribution in [2.45, 2.75) is 0 Å². The minimum atomic E-state index is 0.442. The van der Waals surface area contributed by atoms with Gasteiger partial charge in [-0.05, 0) is 60.7 Å². The van der Waals surface area contributed by atoms with Crippen molar-refractivity contribution in [1.82, 2.24) is 58.1 Å². The Morgan fingerprint density at radius 2 is 0.468 bits per heavy atom. The molecule has 19 rings (SSSR count). The van der Waals surface area contributed by atoms with Crippen LogP contribution in [0.15, 0.2) is 304 Å². The normalized spacial score (nSPS) is 11.8. The molecule has 438 valence electrons. The van der Waals surface area contributed by atoms with Crippen LogP contribution in [0.2, 0.25) is 0 Å². The van der Waals surface area contributed by atoms with Crippen molar-refractivity contribution in [3.8, 4) is 90.6 Å². The second kappa shape index (κ2) is 21.3. The molecule has 0 saturated carbocycles. The van der Waals surface area contributed by atoms with E-state index >= 15 is 0 Å². The van der Waals surface area contributed by atoms with Gasteiger partial charge in [0.05, 0.1) is 120 Å². The summed E-state index contributed by atoms with van der Waals surface area (Å²) in [7, 11) is 0. The van der Waals surface area contributed by atoms with E-state index in [1.165, 1.54) is 0 Å². The molecule has 94 heavy (non-hydrogen) atoms. The molecule has 12 nitrogen and oxygen atoms in total. The van der Waals surface area contributed by atoms with Gasteiger partial charge in [-0.3, -0.25) is 19.9 Å². The van der Waals surface area contributed by atoms with E-state index in [1.807, 2.05) is 86.0 Å². The SMILES string of the molecule is c1ccc(-c2cc(-c3c(-c4nc(-c5ccccc5)cc(-c5ccccc5)n4)c(-n4c5ccccc5c5ccncc54)c(-n4c5ccccc5c5ccncc54)c(-n4c5ccccc5c5ccncc54)c3-n3c4ccccc4c4ccncc43)nc(-c3ccccc3)n2)cc1. The van der Waals surface area contributed by atoms with Gasteiger partial charge in [0.25, 0.3) is 0 Å². The molecule has 0 atom stereocenters. The van der Waals surface area contributed by atoms with Crippen molar-refractivity contribution >= 4 is 87.2 Å². The van der Waals surface area contributed by atoms with Crippen molar-refractivity contribution in [3.63, 3.8) is 0 Å². The van der Waals surface area contributed by atoms with Gasteiger partial charge in [-0.15, -0.1) is 0 Å². The lowest BCUT2D eigenvalue weighted by molar-refractivity contribution is 1.01. The standard InChI is InChI=1S/C82H50N12/c1-5-21-51(22-6-1)63-45-64(52-23-7-2-8-24-52)89-82(88-63)76-75(66-46-65(53-25-9-3-10-26-53)87-81(90-66)54-27-11-4-12-28-54)77(91-67-33-17-13-29-55(67)59-37-41-83-47-71(59)91)79(93-69-35-19-15-31-57(69)61-39-43-85-49-73(61)93)80(94-70-36-20-16-32-58(70)62-40-44-86-50-74(62)94)78(76)92-68-34-18-14-30-56(68)60-38-42-84-48-72(60)92/h1-50H. The Labute approximate surface area is 537 Å². The number of pyridine rings is 4. The van der Waals surface area contributed by atoms with Gasteiger partial charge in [0, 0.05) is 95.7 Å². The van der Waals surface area contributed by atoms with Crippen LogP contribution < -0.4 is 0 Å². The average molecular weight is 1200 g/mol. The first-order valence-electron chi connectivity index (χ1n) is 31.3. The van der Waals surface area contributed by atoms with Crippen LogP contribution in [0, 0.1) is 0 Å². The highest BCUT2D eigenvalue weighted by Gasteiger charge is 2.38. The van der Waals surface area contributed by atoms with Crippen LogP contribution >= 0.6 is 0 Å². The molecule has 0 amide bonds. The summed E-state index contributed by atoms with van der Waals surface area (Å²) in [4.78, 5) is 43.7. The van der Waals surface area contributed by atoms with Gasteiger partial charge in [-0.1, -0.05) is 194 Å². The molecule has 0 spiro atoms. The molecule has 0 aliphatic carbocycles. The van der Waals surface area contributed by atoms with E-state index in [1.54, 1.807) is 0 Å². The molecule has 10 heterocycles. The first-order chi connectivity index (χ1) is 46.7. The molecule has 0 radical (unpaired) electrons. The Balaban J connectivity index is 1.19. The van der Waals surface area contributed by atoms with E-state index in [0.29, 0.717) is 28.5 Å². The van der Waals surface area contributed by atoms with Crippen LogP contribution in [-0.4, -0.2) is 58.1 Å². The first kappa shape index (κ1) is 52.8. The minimum absolute atomic E-state index is 0.442. The number of benzene rings is 9. The fourth-order valence-electron chi connectivity index (χ4n) is 14.4. The molecule has 12 heteroatoms. The largest absolute Gasteiger partial charge is 0.305 e. The maximum absolute atomic E-state index is 6.02. The van der Waals surface area contributed by atoms with Crippen LogP contribution in [0.3, 0.4) is 0 Å². The highest BCUT2D eigenvalue weighted by atomic mass is 15.2. The van der Waals surface area contributed by atoms with Crippen LogP contribution in [0.1, 0.15) is 0 Å². The summed E-state index contributed by atoms with van der Waals surface area (Å²) in [6.45, 7) is 0. The molecular weight excluding hydrogens is 1150 g/mol. The lowest BCUT2D eigenvalue weighted by atomic mass is 9.92. The summed E-state index contributed by atoms with van der Waals surface area (Å²) in [5, 5.41) is 8.23. The van der Waals surface area contributed by atoms with Crippen LogP contribution in [0.5, 0.6) is 0 Å². The molecule has 0 aliphatic rings. The zero-order valence-electron chi connectivity index (χ0n) is 50.2. The predicted octanol–water partition coefficient (Wildman–Crippen LogP) is 19.2. The van der Waals surface area contributed by atoms with Crippen molar-refractivity contribution < 1.29 is 0 Å². The maximum Gasteiger partial charge on any atom is 0.163 e. The third-order valence-electron chi connectivity index (χ3n) is 18.4. The molecule has 0 fully saturated rings. The molecule has 0 N–H and O–H groups in total. The Morgan fingerprint density at radius 3 is 0.830 bits per heavy atom. The highest BCUT2D eigenvalue weighted by molar-refractivity contribution is 6.18. The van der Waals surface area contributed by atoms with Gasteiger partial charge in [-0.25, -0.2) is 19.9 Å². The average Bonchev–Trinajstić information content (AvgIpc) is 1.39. The number of fused-ring (bicyclic) bond motifs is 12. The van der Waals surface area contributed by atoms with Crippen molar-refractivity contribution in [3.05, 3.63) is 304 Å². The first-order valence-corrected chi connectivity index (χ1v) is 31.3. The Bertz CT molecular complexity index is 5520. The molecule has 0 unspecified atom stereocenters. The minimum Gasteiger partial charge on any atom is -0.305 e. The quantitative estimate of drug-likeness (QED) is 0.133. The van der Waals surface area contributed by atoms with Crippen LogP contribution in [-0.2, 0) is 0 Å². The summed E-state index contributed by atoms with van der Waals surface area (Å²) in [5.74, 6) is 0.973. The molecule has 0 bridgehead atoms. The second-order valence-electron chi connectivity index (χ2n) is 23.5. The van der Waals surface area contributed by atoms with E-state index in [0.717, 1.165) is 149 Å². The summed E-state index contributed by atoms with van der Waals surface area (Å²) in [5.41, 5.74) is 18.1. The number of rotatable bonds is 10. The molecule has 0 aliphatic heterocycles. The molecule has 19 aromatic rings. The zero-order chi connectivity index (χ0) is 61.8. The van der Waals surface area contributed by atoms with E-state index < -0.39 is 0 Å². The van der Waals surface area contributed by atoms with E-state index in [-0.39, 0.29) is 0 Å². The number of aromatic nitrogens is 12. The molecule has 0 saturated heterocycles. The zero-order valence-corrected chi connectivity index (χ0v) is 50.2. The van der Waals surface area contributed by atoms with E-state index in [4.69, 9.17) is 39.9 Å². The summed E-state index contributed by atoms with van der Waals surface area (Å²) in [6.07, 6.45) is 15.6. The lowest BCUT2D eigenvalue weighted by Crippen LogP contribution is -2.17. The van der Waals surface area contributed by atoms with E-state index in [2.05, 4.69) is 237 Å². The number of hydrogen-bond acceptors (Lipinski definition) is 8. The number of para-hydroxylation sites is 4.